The number of amides is 1. The fourth-order valence-electron chi connectivity index (χ4n) is 1.79. The highest BCUT2D eigenvalue weighted by molar-refractivity contribution is 5.96. The molecule has 1 heterocycles. The molecule has 21 heavy (non-hydrogen) atoms. The lowest BCUT2D eigenvalue weighted by Crippen LogP contribution is -2.48. The van der Waals surface area contributed by atoms with Gasteiger partial charge in [0.2, 0.25) is 0 Å². The summed E-state index contributed by atoms with van der Waals surface area (Å²) in [6.07, 6.45) is 0.225. The van der Waals surface area contributed by atoms with E-state index in [1.165, 1.54) is 20.2 Å². The van der Waals surface area contributed by atoms with Crippen molar-refractivity contribution in [2.45, 2.75) is 19.1 Å². The van der Waals surface area contributed by atoms with Crippen LogP contribution in [0.5, 0.6) is 0 Å². The van der Waals surface area contributed by atoms with Crippen molar-refractivity contribution < 1.29 is 19.4 Å². The molecule has 7 heteroatoms. The predicted octanol–water partition coefficient (Wildman–Crippen LogP) is 0.282. The zero-order chi connectivity index (χ0) is 15.4. The highest BCUT2D eigenvalue weighted by Gasteiger charge is 2.27. The van der Waals surface area contributed by atoms with Crippen molar-refractivity contribution in [1.82, 2.24) is 15.3 Å². The minimum Gasteiger partial charge on any atom is -0.467 e. The van der Waals surface area contributed by atoms with Crippen molar-refractivity contribution in [3.63, 3.8) is 0 Å². The van der Waals surface area contributed by atoms with E-state index in [2.05, 4.69) is 20.0 Å². The van der Waals surface area contributed by atoms with Crippen molar-refractivity contribution >= 4 is 22.9 Å². The number of aliphatic hydroxyl groups excluding tert-OH is 1. The molecule has 0 bridgehead atoms. The van der Waals surface area contributed by atoms with E-state index in [9.17, 15) is 14.7 Å². The summed E-state index contributed by atoms with van der Waals surface area (Å²) in [6.45, 7) is 1.38. The van der Waals surface area contributed by atoms with Crippen molar-refractivity contribution in [3.05, 3.63) is 36.2 Å². The number of methoxy groups -OCH3 is 1. The number of hydrogen-bond donors (Lipinski definition) is 2. The van der Waals surface area contributed by atoms with Gasteiger partial charge in [0.1, 0.15) is 5.69 Å². The molecule has 0 aliphatic rings. The molecule has 7 nitrogen and oxygen atoms in total. The number of aliphatic hydroxyl groups is 1. The fraction of sp³-hybridized carbons (Fsp3) is 0.286. The highest BCUT2D eigenvalue weighted by Crippen LogP contribution is 2.08. The summed E-state index contributed by atoms with van der Waals surface area (Å²) in [7, 11) is 1.18. The molecule has 0 unspecified atom stereocenters. The summed E-state index contributed by atoms with van der Waals surface area (Å²) in [4.78, 5) is 31.9. The van der Waals surface area contributed by atoms with Gasteiger partial charge in [-0.3, -0.25) is 9.78 Å². The smallest absolute Gasteiger partial charge is 0.331 e. The first-order valence-electron chi connectivity index (χ1n) is 6.31. The monoisotopic (exact) mass is 289 g/mol. The molecule has 1 aromatic carbocycles. The molecule has 1 amide bonds. The summed E-state index contributed by atoms with van der Waals surface area (Å²) in [5.74, 6) is -1.34. The number of benzene rings is 1. The van der Waals surface area contributed by atoms with Crippen LogP contribution >= 0.6 is 0 Å². The molecule has 0 aliphatic heterocycles. The normalized spacial score (nSPS) is 13.5. The number of rotatable bonds is 4. The van der Waals surface area contributed by atoms with Crippen LogP contribution in [0.4, 0.5) is 0 Å². The van der Waals surface area contributed by atoms with Crippen LogP contribution in [0, 0.1) is 0 Å². The zero-order valence-electron chi connectivity index (χ0n) is 11.6. The Morgan fingerprint density at radius 1 is 1.29 bits per heavy atom. The minimum atomic E-state index is -1.16. The number of carbonyl (C=O) groups is 2. The van der Waals surface area contributed by atoms with Crippen molar-refractivity contribution in [2.75, 3.05) is 7.11 Å². The lowest BCUT2D eigenvalue weighted by atomic mass is 10.2. The van der Waals surface area contributed by atoms with Gasteiger partial charge in [0.05, 0.1) is 30.4 Å². The maximum atomic E-state index is 12.1. The Kier molecular flexibility index (Phi) is 4.44. The molecule has 110 valence electrons. The van der Waals surface area contributed by atoms with E-state index in [1.807, 2.05) is 6.07 Å². The Morgan fingerprint density at radius 3 is 2.57 bits per heavy atom. The quantitative estimate of drug-likeness (QED) is 0.784. The number of carbonyl (C=O) groups excluding carboxylic acids is 2. The molecule has 2 rings (SSSR count). The summed E-state index contributed by atoms with van der Waals surface area (Å²) in [6, 6.07) is 5.95. The third-order valence-corrected chi connectivity index (χ3v) is 2.91. The fourth-order valence-corrected chi connectivity index (χ4v) is 1.79. The average molecular weight is 289 g/mol. The first kappa shape index (κ1) is 14.9. The molecular formula is C14H15N3O4. The number of para-hydroxylation sites is 2. The van der Waals surface area contributed by atoms with Gasteiger partial charge in [0.15, 0.2) is 6.04 Å². The van der Waals surface area contributed by atoms with Gasteiger partial charge in [0.25, 0.3) is 5.91 Å². The van der Waals surface area contributed by atoms with Crippen LogP contribution < -0.4 is 5.32 Å². The summed E-state index contributed by atoms with van der Waals surface area (Å²) in [5, 5.41) is 11.9. The number of fused-ring (bicyclic) bond motifs is 1. The standard InChI is InChI=1S/C14H15N3O4/c1-8(18)12(14(20)21-2)17-13(19)11-7-15-9-5-3-4-6-10(9)16-11/h3-8,12,18H,1-2H3,(H,17,19)/t8-,12+/m1/s1. The van der Waals surface area contributed by atoms with Gasteiger partial charge in [-0.05, 0) is 19.1 Å². The molecule has 1 aromatic heterocycles. The summed E-state index contributed by atoms with van der Waals surface area (Å²) < 4.78 is 4.53. The largest absolute Gasteiger partial charge is 0.467 e. The molecule has 0 saturated carbocycles. The van der Waals surface area contributed by atoms with Gasteiger partial charge in [-0.15, -0.1) is 0 Å². The van der Waals surface area contributed by atoms with E-state index >= 15 is 0 Å². The number of aromatic nitrogens is 2. The molecule has 2 N–H and O–H groups in total. The molecule has 2 atom stereocenters. The Balaban J connectivity index is 2.23. The van der Waals surface area contributed by atoms with Crippen LogP contribution in [-0.4, -0.2) is 46.2 Å². The van der Waals surface area contributed by atoms with Crippen molar-refractivity contribution in [1.29, 1.82) is 0 Å². The Bertz CT molecular complexity index is 672. The van der Waals surface area contributed by atoms with Crippen LogP contribution in [-0.2, 0) is 9.53 Å². The van der Waals surface area contributed by atoms with Crippen molar-refractivity contribution in [3.8, 4) is 0 Å². The molecule has 0 aliphatic carbocycles. The lowest BCUT2D eigenvalue weighted by Gasteiger charge is -2.18. The van der Waals surface area contributed by atoms with Crippen LogP contribution in [0.2, 0.25) is 0 Å². The molecule has 2 aromatic rings. The van der Waals surface area contributed by atoms with Crippen LogP contribution in [0.3, 0.4) is 0 Å². The maximum absolute atomic E-state index is 12.1. The second-order valence-corrected chi connectivity index (χ2v) is 4.46. The van der Waals surface area contributed by atoms with E-state index in [1.54, 1.807) is 18.2 Å². The number of ether oxygens (including phenoxy) is 1. The molecule has 0 spiro atoms. The number of hydrogen-bond acceptors (Lipinski definition) is 6. The minimum absolute atomic E-state index is 0.0586. The zero-order valence-corrected chi connectivity index (χ0v) is 11.6. The third-order valence-electron chi connectivity index (χ3n) is 2.91. The average Bonchev–Trinajstić information content (AvgIpc) is 2.50. The van der Waals surface area contributed by atoms with Gasteiger partial charge < -0.3 is 15.2 Å². The Labute approximate surface area is 121 Å². The van der Waals surface area contributed by atoms with E-state index in [-0.39, 0.29) is 5.69 Å². The Hall–Kier alpha value is -2.54. The van der Waals surface area contributed by atoms with Crippen LogP contribution in [0.25, 0.3) is 11.0 Å². The van der Waals surface area contributed by atoms with Gasteiger partial charge in [-0.1, -0.05) is 12.1 Å². The summed E-state index contributed by atoms with van der Waals surface area (Å²) >= 11 is 0. The van der Waals surface area contributed by atoms with Gasteiger partial charge in [-0.2, -0.15) is 0 Å². The van der Waals surface area contributed by atoms with Crippen LogP contribution in [0.15, 0.2) is 30.5 Å². The number of nitrogens with zero attached hydrogens (tertiary/aromatic N) is 2. The van der Waals surface area contributed by atoms with E-state index in [0.29, 0.717) is 11.0 Å². The predicted molar refractivity (Wildman–Crippen MR) is 74.5 cm³/mol. The molecule has 0 saturated heterocycles. The Morgan fingerprint density at radius 2 is 1.95 bits per heavy atom. The van der Waals surface area contributed by atoms with Gasteiger partial charge in [-0.25, -0.2) is 9.78 Å². The summed E-state index contributed by atoms with van der Waals surface area (Å²) in [5.41, 5.74) is 1.29. The number of esters is 1. The second kappa shape index (κ2) is 6.27. The maximum Gasteiger partial charge on any atom is 0.331 e. The van der Waals surface area contributed by atoms with Gasteiger partial charge in [0, 0.05) is 0 Å². The molecule has 0 fully saturated rings. The third kappa shape index (κ3) is 3.32. The van der Waals surface area contributed by atoms with E-state index in [4.69, 9.17) is 0 Å². The second-order valence-electron chi connectivity index (χ2n) is 4.46. The first-order valence-corrected chi connectivity index (χ1v) is 6.31. The van der Waals surface area contributed by atoms with E-state index in [0.717, 1.165) is 0 Å². The number of nitrogens with one attached hydrogen (secondary N) is 1. The topological polar surface area (TPSA) is 101 Å². The first-order chi connectivity index (χ1) is 10.0. The van der Waals surface area contributed by atoms with E-state index < -0.39 is 24.0 Å². The molecular weight excluding hydrogens is 274 g/mol. The highest BCUT2D eigenvalue weighted by atomic mass is 16.5. The van der Waals surface area contributed by atoms with Gasteiger partial charge >= 0.3 is 5.97 Å². The SMILES string of the molecule is COC(=O)[C@@H](NC(=O)c1cnc2ccccc2n1)[C@@H](C)O. The van der Waals surface area contributed by atoms with Crippen molar-refractivity contribution in [2.24, 2.45) is 0 Å². The van der Waals surface area contributed by atoms with Crippen LogP contribution in [0.1, 0.15) is 17.4 Å². The lowest BCUT2D eigenvalue weighted by molar-refractivity contribution is -0.145. The molecule has 0 radical (unpaired) electrons.